The Balaban J connectivity index is 2.24. The van der Waals surface area contributed by atoms with Gasteiger partial charge in [-0.25, -0.2) is 0 Å². The van der Waals surface area contributed by atoms with Gasteiger partial charge in [0, 0.05) is 10.6 Å². The quantitative estimate of drug-likeness (QED) is 0.516. The van der Waals surface area contributed by atoms with Gasteiger partial charge in [-0.3, -0.25) is 4.79 Å². The van der Waals surface area contributed by atoms with Crippen LogP contribution in [0.5, 0.6) is 0 Å². The molecule has 3 rings (SSSR count). The first-order valence-electron chi connectivity index (χ1n) is 6.95. The van der Waals surface area contributed by atoms with E-state index in [-0.39, 0.29) is 12.4 Å². The van der Waals surface area contributed by atoms with Crippen molar-refractivity contribution in [3.05, 3.63) is 64.2 Å². The van der Waals surface area contributed by atoms with Crippen LogP contribution in [-0.4, -0.2) is 29.2 Å². The van der Waals surface area contributed by atoms with Gasteiger partial charge in [0.2, 0.25) is 0 Å². The Labute approximate surface area is 127 Å². The predicted molar refractivity (Wildman–Crippen MR) is 80.5 cm³/mol. The molecule has 0 spiro atoms. The molecule has 1 aromatic rings. The van der Waals surface area contributed by atoms with E-state index in [1.807, 2.05) is 37.3 Å². The maximum absolute atomic E-state index is 11.9. The number of benzene rings is 1. The van der Waals surface area contributed by atoms with Gasteiger partial charge in [0.1, 0.15) is 6.10 Å². The Morgan fingerprint density at radius 3 is 2.82 bits per heavy atom. The van der Waals surface area contributed by atoms with Crippen LogP contribution in [0.25, 0.3) is 16.0 Å². The molecule has 1 aromatic carbocycles. The molecule has 0 saturated carbocycles. The van der Waals surface area contributed by atoms with Crippen molar-refractivity contribution >= 4 is 11.4 Å². The summed E-state index contributed by atoms with van der Waals surface area (Å²) in [6.45, 7) is 1.95. The highest BCUT2D eigenvalue weighted by atomic mass is 16.5. The second kappa shape index (κ2) is 5.42. The molecule has 22 heavy (non-hydrogen) atoms. The molecular weight excluding hydrogens is 282 g/mol. The van der Waals surface area contributed by atoms with Crippen LogP contribution in [0, 0.1) is 5.92 Å². The van der Waals surface area contributed by atoms with Crippen LogP contribution >= 0.6 is 0 Å². The Morgan fingerprint density at radius 1 is 1.41 bits per heavy atom. The number of carbonyl (C=O) groups is 1. The summed E-state index contributed by atoms with van der Waals surface area (Å²) >= 11 is 0. The van der Waals surface area contributed by atoms with E-state index in [2.05, 4.69) is 10.0 Å². The van der Waals surface area contributed by atoms with Crippen molar-refractivity contribution in [3.8, 4) is 0 Å². The van der Waals surface area contributed by atoms with E-state index >= 15 is 0 Å². The van der Waals surface area contributed by atoms with Crippen molar-refractivity contribution in [2.45, 2.75) is 18.6 Å². The molecule has 2 aliphatic rings. The third-order valence-electron chi connectivity index (χ3n) is 4.20. The number of carbonyl (C=O) groups excluding carboxylic acids is 1. The van der Waals surface area contributed by atoms with Crippen molar-refractivity contribution in [2.24, 2.45) is 11.0 Å². The zero-order valence-corrected chi connectivity index (χ0v) is 12.0. The first-order valence-corrected chi connectivity index (χ1v) is 6.95. The Bertz CT molecular complexity index is 719. The van der Waals surface area contributed by atoms with E-state index in [9.17, 15) is 9.90 Å². The van der Waals surface area contributed by atoms with E-state index < -0.39 is 17.6 Å². The predicted octanol–water partition coefficient (Wildman–Crippen LogP) is 2.61. The molecule has 0 aromatic heterocycles. The molecule has 1 heterocycles. The highest BCUT2D eigenvalue weighted by molar-refractivity contribution is 5.97. The number of ketones is 1. The molecule has 6 nitrogen and oxygen atoms in total. The maximum Gasteiger partial charge on any atom is 0.184 e. The van der Waals surface area contributed by atoms with Gasteiger partial charge in [-0.2, -0.15) is 0 Å². The number of aliphatic hydroxyl groups excluding tert-OH is 1. The van der Waals surface area contributed by atoms with Crippen LogP contribution in [0.1, 0.15) is 12.5 Å². The number of hydrogen-bond acceptors (Lipinski definition) is 4. The van der Waals surface area contributed by atoms with E-state index in [0.29, 0.717) is 11.3 Å². The summed E-state index contributed by atoms with van der Waals surface area (Å²) in [6.07, 6.45) is 1.79. The van der Waals surface area contributed by atoms with E-state index in [4.69, 9.17) is 10.3 Å². The molecule has 1 aliphatic carbocycles. The first kappa shape index (κ1) is 14.5. The molecule has 3 atom stereocenters. The van der Waals surface area contributed by atoms with Crippen LogP contribution in [0.2, 0.25) is 0 Å². The second-order valence-electron chi connectivity index (χ2n) is 5.55. The SMILES string of the molecule is C[C@@]12C=CC(=O)[C@@H](O)[C@@H]1C(c1ccccc1)=C(N=[N+]=[N-])CO2. The Kier molecular flexibility index (Phi) is 3.58. The lowest BCUT2D eigenvalue weighted by molar-refractivity contribution is -0.132. The average molecular weight is 297 g/mol. The summed E-state index contributed by atoms with van der Waals surface area (Å²) < 4.78 is 5.78. The van der Waals surface area contributed by atoms with Gasteiger partial charge in [-0.1, -0.05) is 35.4 Å². The normalized spacial score (nSPS) is 30.7. The van der Waals surface area contributed by atoms with E-state index in [1.54, 1.807) is 6.08 Å². The number of rotatable bonds is 2. The van der Waals surface area contributed by atoms with Crippen molar-refractivity contribution in [1.82, 2.24) is 0 Å². The van der Waals surface area contributed by atoms with Gasteiger partial charge in [0.15, 0.2) is 5.78 Å². The molecule has 1 N–H and O–H groups in total. The van der Waals surface area contributed by atoms with Crippen LogP contribution in [-0.2, 0) is 9.53 Å². The minimum atomic E-state index is -1.23. The third-order valence-corrected chi connectivity index (χ3v) is 4.20. The molecular formula is C16H15N3O3. The topological polar surface area (TPSA) is 95.3 Å². The fraction of sp³-hybridized carbons (Fsp3) is 0.312. The van der Waals surface area contributed by atoms with Crippen molar-refractivity contribution in [3.63, 3.8) is 0 Å². The molecule has 0 radical (unpaired) electrons. The minimum absolute atomic E-state index is 0.131. The molecule has 0 amide bonds. The smallest absolute Gasteiger partial charge is 0.184 e. The Morgan fingerprint density at radius 2 is 2.14 bits per heavy atom. The molecule has 0 unspecified atom stereocenters. The van der Waals surface area contributed by atoms with Gasteiger partial charge < -0.3 is 9.84 Å². The van der Waals surface area contributed by atoms with Gasteiger partial charge in [-0.15, -0.1) is 0 Å². The third kappa shape index (κ3) is 2.23. The summed E-state index contributed by atoms with van der Waals surface area (Å²) in [6, 6.07) is 9.32. The molecule has 1 aliphatic heterocycles. The highest BCUT2D eigenvalue weighted by Gasteiger charge is 2.48. The second-order valence-corrected chi connectivity index (χ2v) is 5.55. The van der Waals surface area contributed by atoms with Crippen LogP contribution in [0.15, 0.2) is 53.3 Å². The van der Waals surface area contributed by atoms with Gasteiger partial charge >= 0.3 is 0 Å². The number of aliphatic hydroxyl groups is 1. The molecule has 0 bridgehead atoms. The summed E-state index contributed by atoms with van der Waals surface area (Å²) in [5.74, 6) is -0.983. The zero-order valence-electron chi connectivity index (χ0n) is 12.0. The van der Waals surface area contributed by atoms with Gasteiger partial charge in [-0.05, 0) is 35.7 Å². The number of nitrogens with zero attached hydrogens (tertiary/aromatic N) is 3. The largest absolute Gasteiger partial charge is 0.384 e. The number of hydrogen-bond donors (Lipinski definition) is 1. The van der Waals surface area contributed by atoms with Gasteiger partial charge in [0.25, 0.3) is 0 Å². The fourth-order valence-electron chi connectivity index (χ4n) is 3.09. The fourth-order valence-corrected chi connectivity index (χ4v) is 3.09. The number of azide groups is 1. The molecule has 0 saturated heterocycles. The highest BCUT2D eigenvalue weighted by Crippen LogP contribution is 2.45. The molecule has 112 valence electrons. The summed E-state index contributed by atoms with van der Waals surface area (Å²) in [7, 11) is 0. The lowest BCUT2D eigenvalue weighted by atomic mass is 9.70. The minimum Gasteiger partial charge on any atom is -0.384 e. The summed E-state index contributed by atoms with van der Waals surface area (Å²) in [5, 5.41) is 14.1. The van der Waals surface area contributed by atoms with Crippen LogP contribution in [0.4, 0.5) is 0 Å². The maximum atomic E-state index is 11.9. The van der Waals surface area contributed by atoms with Crippen LogP contribution < -0.4 is 0 Å². The van der Waals surface area contributed by atoms with Crippen molar-refractivity contribution in [1.29, 1.82) is 0 Å². The van der Waals surface area contributed by atoms with Crippen LogP contribution in [0.3, 0.4) is 0 Å². The number of ether oxygens (including phenoxy) is 1. The first-order chi connectivity index (χ1) is 10.6. The zero-order chi connectivity index (χ0) is 15.7. The van der Waals surface area contributed by atoms with E-state index in [1.165, 1.54) is 6.08 Å². The lowest BCUT2D eigenvalue weighted by Crippen LogP contribution is -2.51. The van der Waals surface area contributed by atoms with Gasteiger partial charge in [0.05, 0.1) is 18.1 Å². The number of fused-ring (bicyclic) bond motifs is 1. The molecule has 0 fully saturated rings. The lowest BCUT2D eigenvalue weighted by Gasteiger charge is -2.45. The summed E-state index contributed by atoms with van der Waals surface area (Å²) in [5.41, 5.74) is 9.85. The van der Waals surface area contributed by atoms with Crippen molar-refractivity contribution in [2.75, 3.05) is 6.61 Å². The van der Waals surface area contributed by atoms with E-state index in [0.717, 1.165) is 5.56 Å². The standard InChI is InChI=1S/C16H15N3O3/c1-16-8-7-12(20)15(21)14(16)13(10-5-3-2-4-6-10)11(9-22-16)18-19-17/h2-8,14-15,21H,9H2,1H3/t14-,15+,16+/m0/s1. The average Bonchev–Trinajstić information content (AvgIpc) is 2.53. The Hall–Kier alpha value is -2.40. The summed E-state index contributed by atoms with van der Waals surface area (Å²) in [4.78, 5) is 14.8. The van der Waals surface area contributed by atoms with Crippen molar-refractivity contribution < 1.29 is 14.6 Å². The monoisotopic (exact) mass is 297 g/mol. The molecule has 6 heteroatoms.